The highest BCUT2D eigenvalue weighted by atomic mass is 16.5. The Bertz CT molecular complexity index is 957. The molecule has 3 rings (SSSR count). The van der Waals surface area contributed by atoms with Crippen molar-refractivity contribution in [3.8, 4) is 0 Å². The SMILES string of the molecule is CC(=O)c1ccccc1NC(=O)[C@H](C)OC(=O)c1cc2ccccc2[nH]1. The molecule has 0 bridgehead atoms. The first-order valence-electron chi connectivity index (χ1n) is 8.15. The summed E-state index contributed by atoms with van der Waals surface area (Å²) in [5.41, 5.74) is 1.87. The van der Waals surface area contributed by atoms with Gasteiger partial charge in [0.2, 0.25) is 0 Å². The number of hydrogen-bond acceptors (Lipinski definition) is 4. The van der Waals surface area contributed by atoms with Gasteiger partial charge in [-0.15, -0.1) is 0 Å². The Morgan fingerprint density at radius 3 is 2.46 bits per heavy atom. The lowest BCUT2D eigenvalue weighted by Gasteiger charge is -2.14. The number of amides is 1. The summed E-state index contributed by atoms with van der Waals surface area (Å²) < 4.78 is 5.23. The Balaban J connectivity index is 1.69. The summed E-state index contributed by atoms with van der Waals surface area (Å²) >= 11 is 0. The molecule has 0 aliphatic rings. The van der Waals surface area contributed by atoms with E-state index >= 15 is 0 Å². The minimum atomic E-state index is -1.02. The number of Topliss-reactive ketones (excluding diaryl/α,β-unsaturated/α-hetero) is 1. The summed E-state index contributed by atoms with van der Waals surface area (Å²) in [5.74, 6) is -1.30. The van der Waals surface area contributed by atoms with E-state index in [0.717, 1.165) is 10.9 Å². The molecule has 2 N–H and O–H groups in total. The van der Waals surface area contributed by atoms with Crippen LogP contribution in [0.2, 0.25) is 0 Å². The van der Waals surface area contributed by atoms with E-state index in [1.807, 2.05) is 24.3 Å². The van der Waals surface area contributed by atoms with Crippen LogP contribution >= 0.6 is 0 Å². The summed E-state index contributed by atoms with van der Waals surface area (Å²) in [6, 6.07) is 15.8. The van der Waals surface area contributed by atoms with Crippen molar-refractivity contribution in [3.05, 3.63) is 65.9 Å². The van der Waals surface area contributed by atoms with Gasteiger partial charge in [-0.2, -0.15) is 0 Å². The number of H-pyrrole nitrogens is 1. The van der Waals surface area contributed by atoms with Gasteiger partial charge in [-0.1, -0.05) is 30.3 Å². The van der Waals surface area contributed by atoms with Gasteiger partial charge >= 0.3 is 5.97 Å². The molecule has 0 aliphatic carbocycles. The molecule has 3 aromatic rings. The Kier molecular flexibility index (Phi) is 4.84. The summed E-state index contributed by atoms with van der Waals surface area (Å²) in [6.07, 6.45) is -1.02. The average molecular weight is 350 g/mol. The smallest absolute Gasteiger partial charge is 0.355 e. The number of ether oxygens (including phenoxy) is 1. The second-order valence-corrected chi connectivity index (χ2v) is 5.91. The number of carbonyl (C=O) groups excluding carboxylic acids is 3. The molecule has 2 aromatic carbocycles. The number of aromatic nitrogens is 1. The second kappa shape index (κ2) is 7.23. The van der Waals surface area contributed by atoms with E-state index in [2.05, 4.69) is 10.3 Å². The molecule has 6 nitrogen and oxygen atoms in total. The molecular weight excluding hydrogens is 332 g/mol. The molecule has 1 amide bonds. The molecule has 1 heterocycles. The van der Waals surface area contributed by atoms with Gasteiger partial charge in [0.25, 0.3) is 5.91 Å². The number of para-hydroxylation sites is 2. The number of carbonyl (C=O) groups is 3. The molecule has 0 saturated carbocycles. The lowest BCUT2D eigenvalue weighted by molar-refractivity contribution is -0.123. The van der Waals surface area contributed by atoms with Crippen LogP contribution in [0, 0.1) is 0 Å². The third-order valence-electron chi connectivity index (χ3n) is 3.97. The first-order valence-corrected chi connectivity index (χ1v) is 8.15. The fourth-order valence-electron chi connectivity index (χ4n) is 2.59. The molecule has 132 valence electrons. The maximum atomic E-state index is 12.3. The van der Waals surface area contributed by atoms with Gasteiger partial charge < -0.3 is 15.0 Å². The number of benzene rings is 2. The van der Waals surface area contributed by atoms with Crippen molar-refractivity contribution in [2.45, 2.75) is 20.0 Å². The Morgan fingerprint density at radius 2 is 1.73 bits per heavy atom. The summed E-state index contributed by atoms with van der Waals surface area (Å²) in [4.78, 5) is 39.2. The standard InChI is InChI=1S/C20H18N2O4/c1-12(23)15-8-4-6-10-17(15)22-19(24)13(2)26-20(25)18-11-14-7-3-5-9-16(14)21-18/h3-11,13,21H,1-2H3,(H,22,24)/t13-/m0/s1. The lowest BCUT2D eigenvalue weighted by Crippen LogP contribution is -2.30. The van der Waals surface area contributed by atoms with Gasteiger partial charge in [-0.25, -0.2) is 4.79 Å². The van der Waals surface area contributed by atoms with Crippen LogP contribution in [-0.2, 0) is 9.53 Å². The fraction of sp³-hybridized carbons (Fsp3) is 0.150. The third kappa shape index (κ3) is 3.64. The van der Waals surface area contributed by atoms with Gasteiger partial charge in [-0.3, -0.25) is 9.59 Å². The molecule has 0 aliphatic heterocycles. The average Bonchev–Trinajstić information content (AvgIpc) is 3.06. The molecule has 0 spiro atoms. The van der Waals surface area contributed by atoms with E-state index in [9.17, 15) is 14.4 Å². The minimum absolute atomic E-state index is 0.163. The number of anilines is 1. The van der Waals surface area contributed by atoms with Crippen LogP contribution in [0.4, 0.5) is 5.69 Å². The summed E-state index contributed by atoms with van der Waals surface area (Å²) in [5, 5.41) is 3.51. The normalized spacial score (nSPS) is 11.8. The van der Waals surface area contributed by atoms with Crippen molar-refractivity contribution in [2.24, 2.45) is 0 Å². The minimum Gasteiger partial charge on any atom is -0.448 e. The number of fused-ring (bicyclic) bond motifs is 1. The molecular formula is C20H18N2O4. The van der Waals surface area contributed by atoms with Crippen molar-refractivity contribution in [2.75, 3.05) is 5.32 Å². The van der Waals surface area contributed by atoms with Gasteiger partial charge in [0.05, 0.1) is 5.69 Å². The Hall–Kier alpha value is -3.41. The molecule has 6 heteroatoms. The van der Waals surface area contributed by atoms with Crippen molar-refractivity contribution in [1.82, 2.24) is 4.98 Å². The maximum Gasteiger partial charge on any atom is 0.355 e. The van der Waals surface area contributed by atoms with Crippen LogP contribution in [0.3, 0.4) is 0 Å². The van der Waals surface area contributed by atoms with E-state index in [4.69, 9.17) is 4.74 Å². The van der Waals surface area contributed by atoms with Crippen LogP contribution in [0.1, 0.15) is 34.7 Å². The molecule has 26 heavy (non-hydrogen) atoms. The summed E-state index contributed by atoms with van der Waals surface area (Å²) in [7, 11) is 0. The molecule has 1 atom stereocenters. The first kappa shape index (κ1) is 17.4. The number of aromatic amines is 1. The van der Waals surface area contributed by atoms with Crippen LogP contribution in [0.15, 0.2) is 54.6 Å². The number of ketones is 1. The predicted octanol–water partition coefficient (Wildman–Crippen LogP) is 3.55. The third-order valence-corrected chi connectivity index (χ3v) is 3.97. The van der Waals surface area contributed by atoms with Crippen molar-refractivity contribution in [3.63, 3.8) is 0 Å². The molecule has 1 aromatic heterocycles. The lowest BCUT2D eigenvalue weighted by atomic mass is 10.1. The Morgan fingerprint density at radius 1 is 1.04 bits per heavy atom. The first-order chi connectivity index (χ1) is 12.5. The highest BCUT2D eigenvalue weighted by Gasteiger charge is 2.21. The zero-order valence-electron chi connectivity index (χ0n) is 14.4. The Labute approximate surface area is 150 Å². The number of hydrogen-bond donors (Lipinski definition) is 2. The zero-order valence-corrected chi connectivity index (χ0v) is 14.4. The molecule has 0 unspecified atom stereocenters. The van der Waals surface area contributed by atoms with Crippen LogP contribution in [-0.4, -0.2) is 28.7 Å². The van der Waals surface area contributed by atoms with Crippen LogP contribution in [0.25, 0.3) is 10.9 Å². The predicted molar refractivity (Wildman–Crippen MR) is 98.3 cm³/mol. The van der Waals surface area contributed by atoms with Gasteiger partial charge in [0.15, 0.2) is 11.9 Å². The van der Waals surface area contributed by atoms with E-state index < -0.39 is 18.0 Å². The van der Waals surface area contributed by atoms with Crippen molar-refractivity contribution in [1.29, 1.82) is 0 Å². The molecule has 0 fully saturated rings. The molecule has 0 radical (unpaired) electrons. The van der Waals surface area contributed by atoms with E-state index in [0.29, 0.717) is 11.3 Å². The largest absolute Gasteiger partial charge is 0.448 e. The number of esters is 1. The van der Waals surface area contributed by atoms with Crippen LogP contribution < -0.4 is 5.32 Å². The second-order valence-electron chi connectivity index (χ2n) is 5.91. The quantitative estimate of drug-likeness (QED) is 0.544. The van der Waals surface area contributed by atoms with E-state index in [1.54, 1.807) is 30.3 Å². The van der Waals surface area contributed by atoms with E-state index in [1.165, 1.54) is 13.8 Å². The molecule has 0 saturated heterocycles. The van der Waals surface area contributed by atoms with Crippen molar-refractivity contribution >= 4 is 34.3 Å². The van der Waals surface area contributed by atoms with Crippen molar-refractivity contribution < 1.29 is 19.1 Å². The topological polar surface area (TPSA) is 88.3 Å². The van der Waals surface area contributed by atoms with Crippen LogP contribution in [0.5, 0.6) is 0 Å². The van der Waals surface area contributed by atoms with E-state index in [-0.39, 0.29) is 11.5 Å². The van der Waals surface area contributed by atoms with Gasteiger partial charge in [0, 0.05) is 16.5 Å². The van der Waals surface area contributed by atoms with Gasteiger partial charge in [-0.05, 0) is 38.1 Å². The zero-order chi connectivity index (χ0) is 18.7. The number of rotatable bonds is 5. The monoisotopic (exact) mass is 350 g/mol. The fourth-order valence-corrected chi connectivity index (χ4v) is 2.59. The highest BCUT2D eigenvalue weighted by Crippen LogP contribution is 2.18. The summed E-state index contributed by atoms with van der Waals surface area (Å²) in [6.45, 7) is 2.90. The number of nitrogens with one attached hydrogen (secondary N) is 2. The maximum absolute atomic E-state index is 12.3. The van der Waals surface area contributed by atoms with Gasteiger partial charge in [0.1, 0.15) is 5.69 Å². The highest BCUT2D eigenvalue weighted by molar-refractivity contribution is 6.05.